The SMILES string of the molecule is CCCNC(=O)C(C)OC(=O)/C=C/c1ccccc1[N+](=O)[O-]. The molecule has 0 saturated heterocycles. The van der Waals surface area contributed by atoms with Crippen LogP contribution in [-0.2, 0) is 14.3 Å². The van der Waals surface area contributed by atoms with Gasteiger partial charge in [0.1, 0.15) is 0 Å². The van der Waals surface area contributed by atoms with Crippen LogP contribution in [0, 0.1) is 10.1 Å². The number of esters is 1. The average Bonchev–Trinajstić information content (AvgIpc) is 2.50. The maximum atomic E-state index is 11.6. The fourth-order valence-corrected chi connectivity index (χ4v) is 1.61. The number of nitrogens with zero attached hydrogens (tertiary/aromatic N) is 1. The van der Waals surface area contributed by atoms with Crippen LogP contribution in [0.2, 0.25) is 0 Å². The normalized spacial score (nSPS) is 11.9. The smallest absolute Gasteiger partial charge is 0.331 e. The minimum atomic E-state index is -0.922. The minimum Gasteiger partial charge on any atom is -0.449 e. The number of hydrogen-bond acceptors (Lipinski definition) is 5. The van der Waals surface area contributed by atoms with Gasteiger partial charge in [0.25, 0.3) is 11.6 Å². The molecule has 1 rings (SSSR count). The Bertz CT molecular complexity index is 583. The van der Waals surface area contributed by atoms with Crippen molar-refractivity contribution in [1.82, 2.24) is 5.32 Å². The van der Waals surface area contributed by atoms with Crippen molar-refractivity contribution in [2.75, 3.05) is 6.54 Å². The summed E-state index contributed by atoms with van der Waals surface area (Å²) in [6, 6.07) is 6.01. The Morgan fingerprint density at radius 3 is 2.73 bits per heavy atom. The lowest BCUT2D eigenvalue weighted by Crippen LogP contribution is -2.35. The van der Waals surface area contributed by atoms with Gasteiger partial charge in [0.2, 0.25) is 0 Å². The molecule has 118 valence electrons. The van der Waals surface area contributed by atoms with E-state index in [1.165, 1.54) is 31.2 Å². The average molecular weight is 306 g/mol. The number of nitro groups is 1. The van der Waals surface area contributed by atoms with Crippen molar-refractivity contribution in [3.8, 4) is 0 Å². The summed E-state index contributed by atoms with van der Waals surface area (Å²) >= 11 is 0. The summed E-state index contributed by atoms with van der Waals surface area (Å²) in [6.07, 6.45) is 2.21. The van der Waals surface area contributed by atoms with E-state index in [-0.39, 0.29) is 17.2 Å². The molecule has 1 atom stereocenters. The number of amides is 1. The first-order valence-electron chi connectivity index (χ1n) is 6.85. The molecule has 0 fully saturated rings. The van der Waals surface area contributed by atoms with Crippen LogP contribution in [0.1, 0.15) is 25.8 Å². The predicted molar refractivity (Wildman–Crippen MR) is 81.0 cm³/mol. The molecule has 1 aromatic rings. The third-order valence-electron chi connectivity index (χ3n) is 2.74. The molecular weight excluding hydrogens is 288 g/mol. The minimum absolute atomic E-state index is 0.111. The molecule has 22 heavy (non-hydrogen) atoms. The van der Waals surface area contributed by atoms with Crippen molar-refractivity contribution in [2.45, 2.75) is 26.4 Å². The van der Waals surface area contributed by atoms with Crippen LogP contribution < -0.4 is 5.32 Å². The van der Waals surface area contributed by atoms with Gasteiger partial charge in [-0.1, -0.05) is 19.1 Å². The summed E-state index contributed by atoms with van der Waals surface area (Å²) in [5.41, 5.74) is 0.174. The first-order chi connectivity index (χ1) is 10.5. The summed E-state index contributed by atoms with van der Waals surface area (Å²) in [6.45, 7) is 3.88. The number of rotatable bonds is 7. The molecule has 0 radical (unpaired) electrons. The van der Waals surface area contributed by atoms with Crippen molar-refractivity contribution in [2.24, 2.45) is 0 Å². The van der Waals surface area contributed by atoms with E-state index in [1.54, 1.807) is 6.07 Å². The Morgan fingerprint density at radius 1 is 1.41 bits per heavy atom. The van der Waals surface area contributed by atoms with E-state index in [1.807, 2.05) is 6.92 Å². The number of benzene rings is 1. The van der Waals surface area contributed by atoms with Crippen molar-refractivity contribution in [3.05, 3.63) is 46.0 Å². The monoisotopic (exact) mass is 306 g/mol. The van der Waals surface area contributed by atoms with Crippen LogP contribution in [-0.4, -0.2) is 29.4 Å². The zero-order chi connectivity index (χ0) is 16.5. The lowest BCUT2D eigenvalue weighted by atomic mass is 10.1. The molecule has 0 heterocycles. The summed E-state index contributed by atoms with van der Waals surface area (Å²) in [4.78, 5) is 33.5. The Balaban J connectivity index is 2.65. The van der Waals surface area contributed by atoms with Gasteiger partial charge in [0, 0.05) is 18.7 Å². The van der Waals surface area contributed by atoms with Gasteiger partial charge in [0.15, 0.2) is 6.10 Å². The molecular formula is C15H18N2O5. The molecule has 0 aromatic heterocycles. The number of ether oxygens (including phenoxy) is 1. The molecule has 0 saturated carbocycles. The van der Waals surface area contributed by atoms with Crippen molar-refractivity contribution < 1.29 is 19.2 Å². The molecule has 0 spiro atoms. The van der Waals surface area contributed by atoms with E-state index >= 15 is 0 Å². The van der Waals surface area contributed by atoms with Crippen molar-refractivity contribution in [3.63, 3.8) is 0 Å². The van der Waals surface area contributed by atoms with E-state index in [4.69, 9.17) is 4.74 Å². The van der Waals surface area contributed by atoms with Gasteiger partial charge in [0.05, 0.1) is 10.5 Å². The topological polar surface area (TPSA) is 98.5 Å². The van der Waals surface area contributed by atoms with Crippen LogP contribution in [0.4, 0.5) is 5.69 Å². The van der Waals surface area contributed by atoms with Crippen LogP contribution >= 0.6 is 0 Å². The van der Waals surface area contributed by atoms with E-state index in [9.17, 15) is 19.7 Å². The van der Waals surface area contributed by atoms with E-state index in [0.29, 0.717) is 6.54 Å². The quantitative estimate of drug-likeness (QED) is 0.360. The summed E-state index contributed by atoms with van der Waals surface area (Å²) in [5, 5.41) is 13.4. The fraction of sp³-hybridized carbons (Fsp3) is 0.333. The largest absolute Gasteiger partial charge is 0.449 e. The van der Waals surface area contributed by atoms with Gasteiger partial charge in [-0.25, -0.2) is 4.79 Å². The Labute approximate surface area is 128 Å². The second kappa shape index (κ2) is 8.56. The highest BCUT2D eigenvalue weighted by Crippen LogP contribution is 2.18. The highest BCUT2D eigenvalue weighted by molar-refractivity contribution is 5.90. The summed E-state index contributed by atoms with van der Waals surface area (Å²) in [5.74, 6) is -1.12. The molecule has 1 N–H and O–H groups in total. The number of carbonyl (C=O) groups excluding carboxylic acids is 2. The molecule has 0 bridgehead atoms. The molecule has 0 aliphatic rings. The number of hydrogen-bond donors (Lipinski definition) is 1. The van der Waals surface area contributed by atoms with Gasteiger partial charge in [-0.3, -0.25) is 14.9 Å². The second-order valence-corrected chi connectivity index (χ2v) is 4.52. The Kier molecular flexibility index (Phi) is 6.75. The second-order valence-electron chi connectivity index (χ2n) is 4.52. The lowest BCUT2D eigenvalue weighted by molar-refractivity contribution is -0.385. The maximum Gasteiger partial charge on any atom is 0.331 e. The molecule has 1 unspecified atom stereocenters. The van der Waals surface area contributed by atoms with Crippen molar-refractivity contribution in [1.29, 1.82) is 0 Å². The molecule has 7 nitrogen and oxygen atoms in total. The first kappa shape index (κ1) is 17.4. The molecule has 0 aliphatic heterocycles. The van der Waals surface area contributed by atoms with Gasteiger partial charge in [-0.2, -0.15) is 0 Å². The molecule has 1 aromatic carbocycles. The highest BCUT2D eigenvalue weighted by atomic mass is 16.6. The van der Waals surface area contributed by atoms with Crippen LogP contribution in [0.15, 0.2) is 30.3 Å². The van der Waals surface area contributed by atoms with E-state index < -0.39 is 17.0 Å². The summed E-state index contributed by atoms with van der Waals surface area (Å²) in [7, 11) is 0. The third kappa shape index (κ3) is 5.35. The van der Waals surface area contributed by atoms with E-state index in [0.717, 1.165) is 12.5 Å². The van der Waals surface area contributed by atoms with Crippen LogP contribution in [0.5, 0.6) is 0 Å². The maximum absolute atomic E-state index is 11.6. The fourth-order valence-electron chi connectivity index (χ4n) is 1.61. The Hall–Kier alpha value is -2.70. The number of nitrogens with one attached hydrogen (secondary N) is 1. The van der Waals surface area contributed by atoms with Gasteiger partial charge in [-0.05, 0) is 25.5 Å². The predicted octanol–water partition coefficient (Wildman–Crippen LogP) is 2.07. The molecule has 1 amide bonds. The summed E-state index contributed by atoms with van der Waals surface area (Å²) < 4.78 is 4.92. The lowest BCUT2D eigenvalue weighted by Gasteiger charge is -2.11. The van der Waals surface area contributed by atoms with Gasteiger partial charge in [-0.15, -0.1) is 0 Å². The number of nitro benzene ring substituents is 1. The first-order valence-corrected chi connectivity index (χ1v) is 6.85. The molecule has 0 aliphatic carbocycles. The van der Waals surface area contributed by atoms with E-state index in [2.05, 4.69) is 5.32 Å². The van der Waals surface area contributed by atoms with Gasteiger partial charge < -0.3 is 10.1 Å². The van der Waals surface area contributed by atoms with Crippen LogP contribution in [0.3, 0.4) is 0 Å². The zero-order valence-electron chi connectivity index (χ0n) is 12.4. The third-order valence-corrected chi connectivity index (χ3v) is 2.74. The van der Waals surface area contributed by atoms with Crippen molar-refractivity contribution >= 4 is 23.6 Å². The zero-order valence-corrected chi connectivity index (χ0v) is 12.4. The Morgan fingerprint density at radius 2 is 2.09 bits per heavy atom. The number of para-hydroxylation sites is 1. The van der Waals surface area contributed by atoms with Crippen LogP contribution in [0.25, 0.3) is 6.08 Å². The number of carbonyl (C=O) groups is 2. The molecule has 7 heteroatoms. The van der Waals surface area contributed by atoms with Gasteiger partial charge >= 0.3 is 5.97 Å². The highest BCUT2D eigenvalue weighted by Gasteiger charge is 2.16. The standard InChI is InChI=1S/C15H18N2O5/c1-3-10-16-15(19)11(2)22-14(18)9-8-12-6-4-5-7-13(12)17(20)21/h4-9,11H,3,10H2,1-2H3,(H,16,19)/b9-8+.